The van der Waals surface area contributed by atoms with E-state index < -0.39 is 8.56 Å². The zero-order valence-electron chi connectivity index (χ0n) is 7.59. The summed E-state index contributed by atoms with van der Waals surface area (Å²) < 4.78 is 10.7. The van der Waals surface area contributed by atoms with Crippen molar-refractivity contribution in [1.82, 2.24) is 0 Å². The molecule has 0 saturated carbocycles. The molecule has 0 atom stereocenters. The summed E-state index contributed by atoms with van der Waals surface area (Å²) in [6, 6.07) is 2.39. The molecule has 0 aliphatic rings. The van der Waals surface area contributed by atoms with Crippen LogP contribution >= 0.6 is 12.1 Å². The minimum absolute atomic E-state index is 0.0647. The van der Waals surface area contributed by atoms with Gasteiger partial charge in [-0.1, -0.05) is 12.5 Å². The molecule has 0 N–H and O–H groups in total. The lowest BCUT2D eigenvalue weighted by Crippen LogP contribution is -2.35. The number of hydrogen-bond acceptors (Lipinski definition) is 3. The van der Waals surface area contributed by atoms with Gasteiger partial charge in [0.25, 0.3) is 0 Å². The van der Waals surface area contributed by atoms with Crippen LogP contribution in [0.1, 0.15) is 6.42 Å². The molecule has 0 aliphatic heterocycles. The van der Waals surface area contributed by atoms with Crippen LogP contribution in [0.4, 0.5) is 0 Å². The van der Waals surface area contributed by atoms with Crippen molar-refractivity contribution >= 4 is 29.3 Å². The Labute approximate surface area is 77.8 Å². The van der Waals surface area contributed by atoms with E-state index in [1.54, 1.807) is 14.2 Å². The van der Waals surface area contributed by atoms with Gasteiger partial charge in [-0.2, -0.15) is 0 Å². The number of hydrogen-bond donors (Lipinski definition) is 1. The molecule has 11 heavy (non-hydrogen) atoms. The summed E-state index contributed by atoms with van der Waals surface area (Å²) >= 11 is 4.28. The molecular weight excluding hydrogens is 192 g/mol. The van der Waals surface area contributed by atoms with Crippen LogP contribution in [-0.4, -0.2) is 31.4 Å². The van der Waals surface area contributed by atoms with Gasteiger partial charge in [-0.05, 0) is 12.6 Å². The van der Waals surface area contributed by atoms with Crippen LogP contribution in [0.3, 0.4) is 0 Å². The number of rotatable bonds is 6. The summed E-state index contributed by atoms with van der Waals surface area (Å²) in [4.78, 5) is 0. The van der Waals surface area contributed by atoms with Crippen molar-refractivity contribution in [1.29, 1.82) is 0 Å². The molecular formula is C6H18O2SSi2. The normalized spacial score (nSPS) is 13.1. The summed E-state index contributed by atoms with van der Waals surface area (Å²) in [6.45, 7) is 2.10. The fourth-order valence-electron chi connectivity index (χ4n) is 0.845. The third-order valence-corrected chi connectivity index (χ3v) is 6.66. The lowest BCUT2D eigenvalue weighted by Gasteiger charge is -2.22. The van der Waals surface area contributed by atoms with E-state index in [1.807, 2.05) is 0 Å². The van der Waals surface area contributed by atoms with Crippen molar-refractivity contribution in [3.63, 3.8) is 0 Å². The maximum Gasteiger partial charge on any atom is 0.334 e. The predicted molar refractivity (Wildman–Crippen MR) is 57.4 cm³/mol. The summed E-state index contributed by atoms with van der Waals surface area (Å²) in [5.74, 6) is 0. The first-order valence-corrected chi connectivity index (χ1v) is 9.95. The van der Waals surface area contributed by atoms with Gasteiger partial charge in [0, 0.05) is 14.2 Å². The van der Waals surface area contributed by atoms with E-state index in [0.29, 0.717) is 0 Å². The zero-order valence-corrected chi connectivity index (χ0v) is 10.9. The highest BCUT2D eigenvalue weighted by atomic mass is 32.3. The van der Waals surface area contributed by atoms with Crippen molar-refractivity contribution in [3.8, 4) is 0 Å². The molecule has 0 fully saturated rings. The van der Waals surface area contributed by atoms with Gasteiger partial charge in [0.2, 0.25) is 0 Å². The van der Waals surface area contributed by atoms with Crippen molar-refractivity contribution < 1.29 is 8.85 Å². The Kier molecular flexibility index (Phi) is 6.64. The van der Waals surface area contributed by atoms with E-state index in [9.17, 15) is 0 Å². The minimum atomic E-state index is -1.75. The van der Waals surface area contributed by atoms with Gasteiger partial charge in [-0.25, -0.2) is 12.1 Å². The Bertz CT molecular complexity index is 98.6. The molecule has 0 rings (SSSR count). The first kappa shape index (κ1) is 11.7. The zero-order chi connectivity index (χ0) is 8.74. The molecule has 0 saturated heterocycles. The van der Waals surface area contributed by atoms with Crippen molar-refractivity contribution in [2.24, 2.45) is 0 Å². The molecule has 0 aromatic rings. The first-order chi connectivity index (χ1) is 5.18. The largest absolute Gasteiger partial charge is 0.398 e. The van der Waals surface area contributed by atoms with Crippen molar-refractivity contribution in [2.75, 3.05) is 14.2 Å². The molecule has 0 aromatic carbocycles. The number of thiol groups is 1. The summed E-state index contributed by atoms with van der Waals surface area (Å²) in [5, 5.41) is 0. The highest BCUT2D eigenvalue weighted by Gasteiger charge is 2.27. The van der Waals surface area contributed by atoms with E-state index in [1.165, 1.54) is 12.5 Å². The van der Waals surface area contributed by atoms with E-state index in [2.05, 4.69) is 18.6 Å². The predicted octanol–water partition coefficient (Wildman–Crippen LogP) is 1.17. The van der Waals surface area contributed by atoms with Crippen LogP contribution in [0.15, 0.2) is 0 Å². The Balaban J connectivity index is 3.51. The molecule has 5 heteroatoms. The van der Waals surface area contributed by atoms with E-state index in [4.69, 9.17) is 8.85 Å². The second kappa shape index (κ2) is 6.25. The van der Waals surface area contributed by atoms with Crippen LogP contribution in [-0.2, 0) is 8.85 Å². The highest BCUT2D eigenvalue weighted by molar-refractivity contribution is 8.06. The average Bonchev–Trinajstić information content (AvgIpc) is 2.05. The Morgan fingerprint density at radius 3 is 2.27 bits per heavy atom. The lowest BCUT2D eigenvalue weighted by molar-refractivity contribution is 0.249. The van der Waals surface area contributed by atoms with Gasteiger partial charge in [0.05, 0.1) is 8.67 Å². The fraction of sp³-hybridized carbons (Fsp3) is 1.00. The van der Waals surface area contributed by atoms with E-state index >= 15 is 0 Å². The molecule has 0 radical (unpaired) electrons. The van der Waals surface area contributed by atoms with E-state index in [-0.39, 0.29) is 8.67 Å². The standard InChI is InChI=1S/C6H18O2SSi2/c1-7-11(3,8-2)6-4-5-10-9/h9H,4-6,10H2,1-3H3. The molecule has 0 amide bonds. The lowest BCUT2D eigenvalue weighted by atomic mass is 10.6. The molecule has 0 bridgehead atoms. The summed E-state index contributed by atoms with van der Waals surface area (Å²) in [5.41, 5.74) is 0. The van der Waals surface area contributed by atoms with Crippen LogP contribution < -0.4 is 0 Å². The highest BCUT2D eigenvalue weighted by Crippen LogP contribution is 2.15. The molecule has 0 unspecified atom stereocenters. The second-order valence-electron chi connectivity index (χ2n) is 2.72. The summed E-state index contributed by atoms with van der Waals surface area (Å²) in [6.07, 6.45) is 1.22. The van der Waals surface area contributed by atoms with Crippen molar-refractivity contribution in [2.45, 2.75) is 25.1 Å². The SMILES string of the molecule is CO[Si](C)(CCC[SiH2]S)OC. The Morgan fingerprint density at radius 2 is 1.91 bits per heavy atom. The third-order valence-electron chi connectivity index (χ3n) is 1.90. The maximum atomic E-state index is 5.34. The van der Waals surface area contributed by atoms with Crippen LogP contribution in [0.2, 0.25) is 18.6 Å². The average molecular weight is 210 g/mol. The topological polar surface area (TPSA) is 18.5 Å². The Morgan fingerprint density at radius 1 is 1.36 bits per heavy atom. The molecule has 0 heterocycles. The van der Waals surface area contributed by atoms with Crippen molar-refractivity contribution in [3.05, 3.63) is 0 Å². The molecule has 0 aromatic heterocycles. The quantitative estimate of drug-likeness (QED) is 0.403. The molecule has 68 valence electrons. The van der Waals surface area contributed by atoms with Crippen LogP contribution in [0, 0.1) is 0 Å². The van der Waals surface area contributed by atoms with Crippen LogP contribution in [0.5, 0.6) is 0 Å². The monoisotopic (exact) mass is 210 g/mol. The molecule has 0 aliphatic carbocycles. The minimum Gasteiger partial charge on any atom is -0.398 e. The van der Waals surface area contributed by atoms with Gasteiger partial charge in [-0.3, -0.25) is 0 Å². The fourth-order valence-corrected chi connectivity index (χ4v) is 3.96. The molecule has 0 spiro atoms. The van der Waals surface area contributed by atoms with Gasteiger partial charge in [0.15, 0.2) is 0 Å². The third kappa shape index (κ3) is 5.02. The van der Waals surface area contributed by atoms with E-state index in [0.717, 1.165) is 6.04 Å². The molecule has 2 nitrogen and oxygen atoms in total. The first-order valence-electron chi connectivity index (χ1n) is 3.89. The second-order valence-corrected chi connectivity index (χ2v) is 8.80. The van der Waals surface area contributed by atoms with Gasteiger partial charge < -0.3 is 8.85 Å². The van der Waals surface area contributed by atoms with Gasteiger partial charge >= 0.3 is 8.56 Å². The Hall–Kier alpha value is 0.704. The van der Waals surface area contributed by atoms with Gasteiger partial charge in [-0.15, -0.1) is 0 Å². The van der Waals surface area contributed by atoms with Gasteiger partial charge in [0.1, 0.15) is 0 Å². The summed E-state index contributed by atoms with van der Waals surface area (Å²) in [7, 11) is 1.68. The van der Waals surface area contributed by atoms with Crippen LogP contribution in [0.25, 0.3) is 0 Å². The smallest absolute Gasteiger partial charge is 0.334 e. The maximum absolute atomic E-state index is 5.34.